The highest BCUT2D eigenvalue weighted by atomic mass is 16.2. The number of carbonyl (C=O) groups is 1. The van der Waals surface area contributed by atoms with Crippen molar-refractivity contribution in [1.29, 1.82) is 0 Å². The summed E-state index contributed by atoms with van der Waals surface area (Å²) in [6.45, 7) is 3.99. The van der Waals surface area contributed by atoms with Crippen molar-refractivity contribution >= 4 is 5.91 Å². The summed E-state index contributed by atoms with van der Waals surface area (Å²) in [5.41, 5.74) is -0.274. The molecule has 1 saturated carbocycles. The molecule has 76 valence electrons. The number of likely N-dealkylation sites (N-methyl/N-ethyl adjacent to an activating group) is 1. The van der Waals surface area contributed by atoms with Crippen molar-refractivity contribution in [3.05, 3.63) is 0 Å². The maximum absolute atomic E-state index is 11.8. The molecule has 1 fully saturated rings. The van der Waals surface area contributed by atoms with Crippen LogP contribution in [0.25, 0.3) is 0 Å². The van der Waals surface area contributed by atoms with Crippen LogP contribution in [0, 0.1) is 0 Å². The van der Waals surface area contributed by atoms with E-state index < -0.39 is 0 Å². The van der Waals surface area contributed by atoms with Crippen LogP contribution in [-0.2, 0) is 4.79 Å². The molecule has 1 amide bonds. The molecule has 1 aliphatic rings. The van der Waals surface area contributed by atoms with Crippen LogP contribution in [0.1, 0.15) is 39.5 Å². The summed E-state index contributed by atoms with van der Waals surface area (Å²) < 4.78 is 0. The van der Waals surface area contributed by atoms with Crippen molar-refractivity contribution in [2.45, 2.75) is 51.1 Å². The van der Waals surface area contributed by atoms with E-state index in [2.05, 4.69) is 10.6 Å². The molecule has 1 aliphatic carbocycles. The average Bonchev–Trinajstić information content (AvgIpc) is 2.51. The Morgan fingerprint density at radius 1 is 1.31 bits per heavy atom. The molecular formula is C10H20N2O. The second-order valence-electron chi connectivity index (χ2n) is 4.17. The highest BCUT2D eigenvalue weighted by Crippen LogP contribution is 2.29. The van der Waals surface area contributed by atoms with E-state index in [0.29, 0.717) is 0 Å². The molecule has 13 heavy (non-hydrogen) atoms. The fourth-order valence-electron chi connectivity index (χ4n) is 1.97. The van der Waals surface area contributed by atoms with Gasteiger partial charge in [-0.1, -0.05) is 12.8 Å². The van der Waals surface area contributed by atoms with Gasteiger partial charge in [0.05, 0.1) is 5.54 Å². The molecule has 0 heterocycles. The lowest BCUT2D eigenvalue weighted by molar-refractivity contribution is -0.127. The summed E-state index contributed by atoms with van der Waals surface area (Å²) in [7, 11) is 1.88. The minimum absolute atomic E-state index is 0.169. The zero-order chi connectivity index (χ0) is 9.90. The summed E-state index contributed by atoms with van der Waals surface area (Å²) in [5, 5.41) is 6.15. The van der Waals surface area contributed by atoms with Crippen molar-refractivity contribution in [2.24, 2.45) is 0 Å². The number of rotatable bonds is 3. The van der Waals surface area contributed by atoms with Crippen molar-refractivity contribution in [3.63, 3.8) is 0 Å². The van der Waals surface area contributed by atoms with E-state index in [1.807, 2.05) is 20.9 Å². The van der Waals surface area contributed by atoms with E-state index in [4.69, 9.17) is 0 Å². The van der Waals surface area contributed by atoms with Crippen LogP contribution in [0.4, 0.5) is 0 Å². The Morgan fingerprint density at radius 2 is 1.85 bits per heavy atom. The van der Waals surface area contributed by atoms with E-state index in [9.17, 15) is 4.79 Å². The van der Waals surface area contributed by atoms with Crippen LogP contribution < -0.4 is 10.6 Å². The van der Waals surface area contributed by atoms with Gasteiger partial charge in [-0.05, 0) is 33.7 Å². The van der Waals surface area contributed by atoms with E-state index in [1.165, 1.54) is 0 Å². The molecule has 0 atom stereocenters. The molecule has 0 saturated heterocycles. The van der Waals surface area contributed by atoms with E-state index in [0.717, 1.165) is 25.7 Å². The van der Waals surface area contributed by atoms with Gasteiger partial charge in [-0.3, -0.25) is 4.79 Å². The molecule has 0 aromatic rings. The third-order valence-corrected chi connectivity index (χ3v) is 2.79. The Hall–Kier alpha value is -0.570. The van der Waals surface area contributed by atoms with E-state index >= 15 is 0 Å². The van der Waals surface area contributed by atoms with Gasteiger partial charge in [-0.15, -0.1) is 0 Å². The fraction of sp³-hybridized carbons (Fsp3) is 0.900. The molecule has 0 radical (unpaired) electrons. The van der Waals surface area contributed by atoms with Crippen molar-refractivity contribution in [3.8, 4) is 0 Å². The first-order valence-corrected chi connectivity index (χ1v) is 5.10. The Bertz CT molecular complexity index is 183. The molecule has 3 heteroatoms. The van der Waals surface area contributed by atoms with Crippen LogP contribution in [0.15, 0.2) is 0 Å². The number of nitrogens with one attached hydrogen (secondary N) is 2. The minimum atomic E-state index is -0.274. The Morgan fingerprint density at radius 3 is 2.23 bits per heavy atom. The SMILES string of the molecule is CNC1(C(=O)NC(C)C)CCCC1. The molecule has 0 aliphatic heterocycles. The van der Waals surface area contributed by atoms with Gasteiger partial charge in [0, 0.05) is 6.04 Å². The number of hydrogen-bond acceptors (Lipinski definition) is 2. The zero-order valence-electron chi connectivity index (χ0n) is 8.81. The molecule has 3 nitrogen and oxygen atoms in total. The number of hydrogen-bond donors (Lipinski definition) is 2. The Kier molecular flexibility index (Phi) is 3.31. The summed E-state index contributed by atoms with van der Waals surface area (Å²) in [4.78, 5) is 11.8. The van der Waals surface area contributed by atoms with Gasteiger partial charge >= 0.3 is 0 Å². The first-order chi connectivity index (χ1) is 6.10. The largest absolute Gasteiger partial charge is 0.352 e. The standard InChI is InChI=1S/C10H20N2O/c1-8(2)12-9(13)10(11-3)6-4-5-7-10/h8,11H,4-7H2,1-3H3,(H,12,13). The number of carbonyl (C=O) groups excluding carboxylic acids is 1. The van der Waals surface area contributed by atoms with E-state index in [-0.39, 0.29) is 17.5 Å². The van der Waals surface area contributed by atoms with Gasteiger partial charge in [0.15, 0.2) is 0 Å². The normalized spacial score (nSPS) is 20.6. The van der Waals surface area contributed by atoms with Crippen LogP contribution in [-0.4, -0.2) is 24.5 Å². The Labute approximate surface area is 80.3 Å². The van der Waals surface area contributed by atoms with Gasteiger partial charge in [0.1, 0.15) is 0 Å². The Balaban J connectivity index is 2.60. The van der Waals surface area contributed by atoms with Gasteiger partial charge in [-0.2, -0.15) is 0 Å². The molecular weight excluding hydrogens is 164 g/mol. The van der Waals surface area contributed by atoms with Gasteiger partial charge in [0.25, 0.3) is 0 Å². The second-order valence-corrected chi connectivity index (χ2v) is 4.17. The molecule has 0 unspecified atom stereocenters. The fourth-order valence-corrected chi connectivity index (χ4v) is 1.97. The molecule has 0 bridgehead atoms. The average molecular weight is 184 g/mol. The topological polar surface area (TPSA) is 41.1 Å². The van der Waals surface area contributed by atoms with Gasteiger partial charge in [-0.25, -0.2) is 0 Å². The van der Waals surface area contributed by atoms with Crippen LogP contribution >= 0.6 is 0 Å². The molecule has 1 rings (SSSR count). The van der Waals surface area contributed by atoms with Gasteiger partial charge < -0.3 is 10.6 Å². The first kappa shape index (κ1) is 10.5. The van der Waals surface area contributed by atoms with Crippen LogP contribution in [0.2, 0.25) is 0 Å². The monoisotopic (exact) mass is 184 g/mol. The summed E-state index contributed by atoms with van der Waals surface area (Å²) in [5.74, 6) is 0.169. The van der Waals surface area contributed by atoms with Crippen LogP contribution in [0.3, 0.4) is 0 Å². The highest BCUT2D eigenvalue weighted by Gasteiger charge is 2.39. The van der Waals surface area contributed by atoms with Crippen molar-refractivity contribution in [2.75, 3.05) is 7.05 Å². The minimum Gasteiger partial charge on any atom is -0.352 e. The predicted octanol–water partition coefficient (Wildman–Crippen LogP) is 1.04. The van der Waals surface area contributed by atoms with Crippen molar-refractivity contribution < 1.29 is 4.79 Å². The molecule has 0 aromatic carbocycles. The lowest BCUT2D eigenvalue weighted by atomic mass is 9.96. The lowest BCUT2D eigenvalue weighted by Gasteiger charge is -2.28. The third kappa shape index (κ3) is 2.21. The number of amides is 1. The first-order valence-electron chi connectivity index (χ1n) is 5.10. The maximum Gasteiger partial charge on any atom is 0.240 e. The molecule has 0 spiro atoms. The second kappa shape index (κ2) is 4.09. The van der Waals surface area contributed by atoms with Gasteiger partial charge in [0.2, 0.25) is 5.91 Å². The smallest absolute Gasteiger partial charge is 0.240 e. The summed E-state index contributed by atoms with van der Waals surface area (Å²) in [6.07, 6.45) is 4.27. The molecule has 2 N–H and O–H groups in total. The highest BCUT2D eigenvalue weighted by molar-refractivity contribution is 5.86. The van der Waals surface area contributed by atoms with Crippen molar-refractivity contribution in [1.82, 2.24) is 10.6 Å². The van der Waals surface area contributed by atoms with Crippen LogP contribution in [0.5, 0.6) is 0 Å². The molecule has 0 aromatic heterocycles. The lowest BCUT2D eigenvalue weighted by Crippen LogP contribution is -2.55. The predicted molar refractivity (Wildman–Crippen MR) is 53.5 cm³/mol. The maximum atomic E-state index is 11.8. The summed E-state index contributed by atoms with van der Waals surface area (Å²) >= 11 is 0. The van der Waals surface area contributed by atoms with E-state index in [1.54, 1.807) is 0 Å². The quantitative estimate of drug-likeness (QED) is 0.688. The summed E-state index contributed by atoms with van der Waals surface area (Å²) in [6, 6.07) is 0.235. The zero-order valence-corrected chi connectivity index (χ0v) is 8.81. The third-order valence-electron chi connectivity index (χ3n) is 2.79.